The molecule has 0 aliphatic rings. The van der Waals surface area contributed by atoms with Gasteiger partial charge in [-0.2, -0.15) is 8.78 Å². The molecule has 8 heteroatoms. The summed E-state index contributed by atoms with van der Waals surface area (Å²) in [6.07, 6.45) is -4.88. The van der Waals surface area contributed by atoms with Gasteiger partial charge in [0.1, 0.15) is 11.5 Å². The first-order valence-electron chi connectivity index (χ1n) is 3.78. The van der Waals surface area contributed by atoms with Gasteiger partial charge in [0, 0.05) is 6.07 Å². The van der Waals surface area contributed by atoms with Crippen LogP contribution in [0.15, 0.2) is 22.7 Å². The highest BCUT2D eigenvalue weighted by Crippen LogP contribution is 2.32. The lowest BCUT2D eigenvalue weighted by molar-refractivity contribution is -0.274. The highest BCUT2D eigenvalue weighted by Gasteiger charge is 2.31. The molecule has 0 fully saturated rings. The summed E-state index contributed by atoms with van der Waals surface area (Å²) in [5.41, 5.74) is 0. The van der Waals surface area contributed by atoms with E-state index in [1.54, 1.807) is 0 Å². The Hall–Kier alpha value is -1.05. The first kappa shape index (κ1) is 13.0. The molecular weight excluding hydrogens is 303 g/mol. The maximum Gasteiger partial charge on any atom is 0.573 e. The second kappa shape index (κ2) is 4.86. The Bertz CT molecular complexity index is 366. The molecule has 1 aromatic carbocycles. The summed E-state index contributed by atoms with van der Waals surface area (Å²) in [4.78, 5) is 0. The first-order chi connectivity index (χ1) is 7.28. The molecule has 0 bridgehead atoms. The van der Waals surface area contributed by atoms with Gasteiger partial charge in [0.15, 0.2) is 0 Å². The Morgan fingerprint density at radius 2 is 1.81 bits per heavy atom. The van der Waals surface area contributed by atoms with Crippen molar-refractivity contribution >= 4 is 15.9 Å². The molecule has 0 spiro atoms. The molecule has 0 N–H and O–H groups in total. The lowest BCUT2D eigenvalue weighted by Crippen LogP contribution is -2.17. The van der Waals surface area contributed by atoms with Gasteiger partial charge in [-0.05, 0) is 28.1 Å². The molecule has 0 radical (unpaired) electrons. The maximum atomic E-state index is 11.9. The number of hydrogen-bond acceptors (Lipinski definition) is 2. The minimum Gasteiger partial charge on any atom is -0.433 e. The minimum absolute atomic E-state index is 0.0994. The van der Waals surface area contributed by atoms with Gasteiger partial charge < -0.3 is 9.47 Å². The largest absolute Gasteiger partial charge is 0.573 e. The number of benzene rings is 1. The zero-order valence-electron chi connectivity index (χ0n) is 7.39. The number of alkyl halides is 5. The molecule has 1 aromatic rings. The molecule has 0 aliphatic carbocycles. The molecule has 0 saturated carbocycles. The lowest BCUT2D eigenvalue weighted by Gasteiger charge is -2.11. The number of rotatable bonds is 3. The molecule has 2 nitrogen and oxygen atoms in total. The molecule has 0 aliphatic heterocycles. The summed E-state index contributed by atoms with van der Waals surface area (Å²) >= 11 is 2.84. The van der Waals surface area contributed by atoms with E-state index >= 15 is 0 Å². The Labute approximate surface area is 95.1 Å². The molecule has 0 aromatic heterocycles. The highest BCUT2D eigenvalue weighted by atomic mass is 79.9. The van der Waals surface area contributed by atoms with Gasteiger partial charge in [0.2, 0.25) is 0 Å². The molecular formula is C8H4BrF5O2. The second-order valence-corrected chi connectivity index (χ2v) is 3.37. The average Bonchev–Trinajstić information content (AvgIpc) is 2.07. The molecule has 0 heterocycles. The van der Waals surface area contributed by atoms with Crippen molar-refractivity contribution in [3.05, 3.63) is 22.7 Å². The molecule has 1 rings (SSSR count). The molecule has 16 heavy (non-hydrogen) atoms. The van der Waals surface area contributed by atoms with Crippen LogP contribution in [0.5, 0.6) is 11.5 Å². The highest BCUT2D eigenvalue weighted by molar-refractivity contribution is 9.10. The summed E-state index contributed by atoms with van der Waals surface area (Å²) in [5, 5.41) is 0. The number of halogens is 6. The van der Waals surface area contributed by atoms with Gasteiger partial charge in [-0.1, -0.05) is 0 Å². The summed E-state index contributed by atoms with van der Waals surface area (Å²) < 4.78 is 66.8. The van der Waals surface area contributed by atoms with Crippen molar-refractivity contribution < 1.29 is 31.4 Å². The maximum absolute atomic E-state index is 11.9. The normalized spacial score (nSPS) is 11.7. The second-order valence-electron chi connectivity index (χ2n) is 2.52. The van der Waals surface area contributed by atoms with Crippen LogP contribution in [0, 0.1) is 0 Å². The minimum atomic E-state index is -4.88. The predicted octanol–water partition coefficient (Wildman–Crippen LogP) is 3.95. The van der Waals surface area contributed by atoms with Gasteiger partial charge >= 0.3 is 13.0 Å². The van der Waals surface area contributed by atoms with Gasteiger partial charge in [0.05, 0.1) is 4.47 Å². The third-order valence-corrected chi connectivity index (χ3v) is 2.01. The topological polar surface area (TPSA) is 18.5 Å². The van der Waals surface area contributed by atoms with Gasteiger partial charge in [-0.25, -0.2) is 0 Å². The Morgan fingerprint density at radius 1 is 1.19 bits per heavy atom. The molecule has 0 atom stereocenters. The van der Waals surface area contributed by atoms with Crippen LogP contribution >= 0.6 is 15.9 Å². The zero-order valence-corrected chi connectivity index (χ0v) is 8.98. The van der Waals surface area contributed by atoms with Crippen molar-refractivity contribution in [3.63, 3.8) is 0 Å². The average molecular weight is 307 g/mol. The smallest absolute Gasteiger partial charge is 0.433 e. The van der Waals surface area contributed by atoms with E-state index in [9.17, 15) is 22.0 Å². The van der Waals surface area contributed by atoms with Crippen molar-refractivity contribution in [2.75, 3.05) is 0 Å². The Morgan fingerprint density at radius 3 is 2.31 bits per heavy atom. The SMILES string of the molecule is FC(F)Oc1cc(OC(F)(F)F)ccc1Br. The fourth-order valence-corrected chi connectivity index (χ4v) is 1.21. The third kappa shape index (κ3) is 4.21. The molecule has 0 amide bonds. The Kier molecular flexibility index (Phi) is 3.95. The van der Waals surface area contributed by atoms with Gasteiger partial charge in [0.25, 0.3) is 0 Å². The van der Waals surface area contributed by atoms with Crippen LogP contribution in [-0.2, 0) is 0 Å². The van der Waals surface area contributed by atoms with Crippen molar-refractivity contribution in [2.45, 2.75) is 13.0 Å². The summed E-state index contributed by atoms with van der Waals surface area (Å²) in [6.45, 7) is -3.13. The van der Waals surface area contributed by atoms with E-state index in [1.807, 2.05) is 0 Å². The Balaban J connectivity index is 2.89. The van der Waals surface area contributed by atoms with Crippen LogP contribution in [0.3, 0.4) is 0 Å². The number of ether oxygens (including phenoxy) is 2. The van der Waals surface area contributed by atoms with Crippen molar-refractivity contribution in [1.29, 1.82) is 0 Å². The van der Waals surface area contributed by atoms with Crippen molar-refractivity contribution in [2.24, 2.45) is 0 Å². The third-order valence-electron chi connectivity index (χ3n) is 1.35. The number of hydrogen-bond donors (Lipinski definition) is 0. The molecule has 0 saturated heterocycles. The predicted molar refractivity (Wildman–Crippen MR) is 47.5 cm³/mol. The van der Waals surface area contributed by atoms with Crippen molar-refractivity contribution in [1.82, 2.24) is 0 Å². The lowest BCUT2D eigenvalue weighted by atomic mass is 10.3. The van der Waals surface area contributed by atoms with Crippen LogP contribution in [0.4, 0.5) is 22.0 Å². The van der Waals surface area contributed by atoms with Crippen LogP contribution in [-0.4, -0.2) is 13.0 Å². The summed E-state index contributed by atoms with van der Waals surface area (Å²) in [6, 6.07) is 2.79. The summed E-state index contributed by atoms with van der Waals surface area (Å²) in [5.74, 6) is -1.07. The van der Waals surface area contributed by atoms with E-state index < -0.39 is 24.5 Å². The standard InChI is InChI=1S/C8H4BrF5O2/c9-5-2-1-4(16-8(12,13)14)3-6(5)15-7(10)11/h1-3,7H. The van der Waals surface area contributed by atoms with Crippen LogP contribution in [0.1, 0.15) is 0 Å². The van der Waals surface area contributed by atoms with Gasteiger partial charge in [-0.15, -0.1) is 13.2 Å². The van der Waals surface area contributed by atoms with E-state index in [-0.39, 0.29) is 4.47 Å². The van der Waals surface area contributed by atoms with Crippen LogP contribution in [0.2, 0.25) is 0 Å². The van der Waals surface area contributed by atoms with E-state index in [4.69, 9.17) is 0 Å². The van der Waals surface area contributed by atoms with E-state index in [0.29, 0.717) is 6.07 Å². The van der Waals surface area contributed by atoms with E-state index in [1.165, 1.54) is 0 Å². The first-order valence-corrected chi connectivity index (χ1v) is 4.57. The monoisotopic (exact) mass is 306 g/mol. The van der Waals surface area contributed by atoms with Crippen LogP contribution < -0.4 is 9.47 Å². The quantitative estimate of drug-likeness (QED) is 0.787. The summed E-state index contributed by atoms with van der Waals surface area (Å²) in [7, 11) is 0. The van der Waals surface area contributed by atoms with Crippen LogP contribution in [0.25, 0.3) is 0 Å². The molecule has 0 unspecified atom stereocenters. The van der Waals surface area contributed by atoms with Gasteiger partial charge in [-0.3, -0.25) is 0 Å². The van der Waals surface area contributed by atoms with Crippen molar-refractivity contribution in [3.8, 4) is 11.5 Å². The molecule has 90 valence electrons. The fraction of sp³-hybridized carbons (Fsp3) is 0.250. The fourth-order valence-electron chi connectivity index (χ4n) is 0.867. The zero-order chi connectivity index (χ0) is 12.3. The van der Waals surface area contributed by atoms with E-state index in [2.05, 4.69) is 25.4 Å². The van der Waals surface area contributed by atoms with E-state index in [0.717, 1.165) is 12.1 Å².